The molecule has 0 aliphatic rings. The van der Waals surface area contributed by atoms with E-state index in [-0.39, 0.29) is 6.04 Å². The number of anilines is 1. The van der Waals surface area contributed by atoms with Crippen LogP contribution < -0.4 is 5.32 Å². The molecule has 0 aliphatic heterocycles. The van der Waals surface area contributed by atoms with E-state index in [0.29, 0.717) is 5.92 Å². The maximum absolute atomic E-state index is 5.87. The van der Waals surface area contributed by atoms with Crippen molar-refractivity contribution < 1.29 is 4.42 Å². The van der Waals surface area contributed by atoms with Crippen LogP contribution in [0.2, 0.25) is 0 Å². The van der Waals surface area contributed by atoms with Gasteiger partial charge in [0, 0.05) is 11.8 Å². The van der Waals surface area contributed by atoms with Gasteiger partial charge >= 0.3 is 0 Å². The molecule has 4 nitrogen and oxygen atoms in total. The summed E-state index contributed by atoms with van der Waals surface area (Å²) in [4.78, 5) is 0. The first-order valence-corrected chi connectivity index (χ1v) is 8.01. The topological polar surface area (TPSA) is 51.0 Å². The van der Waals surface area contributed by atoms with Crippen LogP contribution in [0.15, 0.2) is 34.7 Å². The molecule has 0 fully saturated rings. The molecule has 0 amide bonds. The average molecular weight is 301 g/mol. The molecule has 21 heavy (non-hydrogen) atoms. The molecular formula is C16H19N3OS. The highest BCUT2D eigenvalue weighted by Crippen LogP contribution is 2.27. The van der Waals surface area contributed by atoms with E-state index < -0.39 is 0 Å². The number of hydrogen-bond donors (Lipinski definition) is 1. The van der Waals surface area contributed by atoms with Crippen LogP contribution in [0.3, 0.4) is 0 Å². The summed E-state index contributed by atoms with van der Waals surface area (Å²) in [5, 5.41) is 14.8. The second kappa shape index (κ2) is 5.85. The largest absolute Gasteiger partial charge is 0.459 e. The van der Waals surface area contributed by atoms with Crippen LogP contribution >= 0.6 is 11.3 Å². The number of fused-ring (bicyclic) bond motifs is 1. The van der Waals surface area contributed by atoms with Crippen molar-refractivity contribution in [1.29, 1.82) is 0 Å². The third-order valence-corrected chi connectivity index (χ3v) is 4.14. The maximum atomic E-state index is 5.87. The fourth-order valence-electron chi connectivity index (χ4n) is 2.22. The van der Waals surface area contributed by atoms with Gasteiger partial charge in [0.25, 0.3) is 0 Å². The van der Waals surface area contributed by atoms with Gasteiger partial charge in [-0.3, -0.25) is 0 Å². The molecule has 0 saturated carbocycles. The minimum atomic E-state index is 0.0669. The van der Waals surface area contributed by atoms with Gasteiger partial charge in [0.15, 0.2) is 0 Å². The molecular weight excluding hydrogens is 282 g/mol. The van der Waals surface area contributed by atoms with Gasteiger partial charge in [-0.1, -0.05) is 43.4 Å². The molecule has 110 valence electrons. The minimum absolute atomic E-state index is 0.0669. The van der Waals surface area contributed by atoms with E-state index in [9.17, 15) is 0 Å². The molecule has 0 bridgehead atoms. The van der Waals surface area contributed by atoms with Gasteiger partial charge in [-0.25, -0.2) is 0 Å². The smallest absolute Gasteiger partial charge is 0.206 e. The fourth-order valence-corrected chi connectivity index (χ4v) is 3.25. The van der Waals surface area contributed by atoms with E-state index in [1.807, 2.05) is 18.2 Å². The fraction of sp³-hybridized carbons (Fsp3) is 0.375. The first-order valence-electron chi connectivity index (χ1n) is 7.19. The number of nitrogens with one attached hydrogen (secondary N) is 1. The Hall–Kier alpha value is -1.88. The lowest BCUT2D eigenvalue weighted by molar-refractivity contribution is 0.526. The molecule has 1 N–H and O–H groups in total. The molecule has 2 heterocycles. The second-order valence-electron chi connectivity index (χ2n) is 5.65. The van der Waals surface area contributed by atoms with Crippen LogP contribution in [-0.2, 0) is 6.42 Å². The van der Waals surface area contributed by atoms with Gasteiger partial charge in [-0.15, -0.1) is 10.2 Å². The number of para-hydroxylation sites is 1. The van der Waals surface area contributed by atoms with Crippen LogP contribution in [0.25, 0.3) is 11.0 Å². The van der Waals surface area contributed by atoms with Gasteiger partial charge in [-0.2, -0.15) is 0 Å². The van der Waals surface area contributed by atoms with Crippen molar-refractivity contribution in [3.05, 3.63) is 41.1 Å². The van der Waals surface area contributed by atoms with E-state index in [0.717, 1.165) is 33.3 Å². The van der Waals surface area contributed by atoms with Crippen molar-refractivity contribution in [3.63, 3.8) is 0 Å². The summed E-state index contributed by atoms with van der Waals surface area (Å²) in [6.07, 6.45) is 0.971. The highest BCUT2D eigenvalue weighted by molar-refractivity contribution is 7.15. The van der Waals surface area contributed by atoms with E-state index >= 15 is 0 Å². The number of rotatable bonds is 5. The molecule has 1 aromatic carbocycles. The zero-order chi connectivity index (χ0) is 14.8. The first kappa shape index (κ1) is 14.1. The lowest BCUT2D eigenvalue weighted by atomic mass is 10.1. The Morgan fingerprint density at radius 3 is 2.76 bits per heavy atom. The summed E-state index contributed by atoms with van der Waals surface area (Å²) < 4.78 is 5.87. The summed E-state index contributed by atoms with van der Waals surface area (Å²) in [6.45, 7) is 6.44. The zero-order valence-electron chi connectivity index (χ0n) is 12.5. The van der Waals surface area contributed by atoms with E-state index in [2.05, 4.69) is 48.4 Å². The highest BCUT2D eigenvalue weighted by atomic mass is 32.1. The van der Waals surface area contributed by atoms with Crippen molar-refractivity contribution >= 4 is 27.4 Å². The van der Waals surface area contributed by atoms with Crippen molar-refractivity contribution in [2.45, 2.75) is 33.2 Å². The molecule has 0 saturated heterocycles. The van der Waals surface area contributed by atoms with Gasteiger partial charge < -0.3 is 9.73 Å². The van der Waals surface area contributed by atoms with Crippen LogP contribution in [0, 0.1) is 5.92 Å². The Balaban J connectivity index is 1.73. The molecule has 1 unspecified atom stereocenters. The minimum Gasteiger partial charge on any atom is -0.459 e. The number of aromatic nitrogens is 2. The quantitative estimate of drug-likeness (QED) is 0.745. The number of hydrogen-bond acceptors (Lipinski definition) is 5. The molecule has 3 rings (SSSR count). The summed E-state index contributed by atoms with van der Waals surface area (Å²) in [5.41, 5.74) is 0.916. The van der Waals surface area contributed by atoms with Crippen molar-refractivity contribution in [2.24, 2.45) is 5.92 Å². The van der Waals surface area contributed by atoms with Crippen molar-refractivity contribution in [1.82, 2.24) is 10.2 Å². The second-order valence-corrected chi connectivity index (χ2v) is 6.71. The van der Waals surface area contributed by atoms with Crippen LogP contribution in [0.1, 0.15) is 37.6 Å². The van der Waals surface area contributed by atoms with Crippen LogP contribution in [0.5, 0.6) is 0 Å². The highest BCUT2D eigenvalue weighted by Gasteiger charge is 2.14. The predicted octanol–water partition coefficient (Wildman–Crippen LogP) is 4.66. The molecule has 1 atom stereocenters. The van der Waals surface area contributed by atoms with E-state index in [1.54, 1.807) is 11.3 Å². The summed E-state index contributed by atoms with van der Waals surface area (Å²) in [5.74, 6) is 1.51. The molecule has 0 radical (unpaired) electrons. The Morgan fingerprint density at radius 2 is 2.00 bits per heavy atom. The van der Waals surface area contributed by atoms with Gasteiger partial charge in [0.05, 0.1) is 6.04 Å². The molecule has 2 aromatic heterocycles. The number of benzene rings is 1. The third-order valence-electron chi connectivity index (χ3n) is 3.26. The Morgan fingerprint density at radius 1 is 1.19 bits per heavy atom. The number of furan rings is 1. The van der Waals surface area contributed by atoms with Gasteiger partial charge in [0.2, 0.25) is 5.13 Å². The van der Waals surface area contributed by atoms with Gasteiger partial charge in [-0.05, 0) is 25.0 Å². The molecule has 3 aromatic rings. The Bertz CT molecular complexity index is 699. The summed E-state index contributed by atoms with van der Waals surface area (Å²) >= 11 is 1.62. The standard InChI is InChI=1S/C16H19N3OS/c1-10(2)8-15-18-19-16(21-15)17-11(3)14-9-12-6-4-5-7-13(12)20-14/h4-7,9-11H,8H2,1-3H3,(H,17,19). The Labute approximate surface area is 128 Å². The van der Waals surface area contributed by atoms with Crippen molar-refractivity contribution in [2.75, 3.05) is 5.32 Å². The van der Waals surface area contributed by atoms with Gasteiger partial charge in [0.1, 0.15) is 16.4 Å². The average Bonchev–Trinajstić information content (AvgIpc) is 3.04. The Kier molecular flexibility index (Phi) is 3.92. The van der Waals surface area contributed by atoms with Crippen LogP contribution in [0.4, 0.5) is 5.13 Å². The van der Waals surface area contributed by atoms with Crippen molar-refractivity contribution in [3.8, 4) is 0 Å². The lowest BCUT2D eigenvalue weighted by Crippen LogP contribution is -2.04. The monoisotopic (exact) mass is 301 g/mol. The number of nitrogens with zero attached hydrogens (tertiary/aromatic N) is 2. The SMILES string of the molecule is CC(C)Cc1nnc(NC(C)c2cc3ccccc3o2)s1. The molecule has 0 aliphatic carbocycles. The predicted molar refractivity (Wildman–Crippen MR) is 86.7 cm³/mol. The van der Waals surface area contributed by atoms with E-state index in [1.165, 1.54) is 0 Å². The maximum Gasteiger partial charge on any atom is 0.206 e. The normalized spacial score (nSPS) is 13.0. The van der Waals surface area contributed by atoms with E-state index in [4.69, 9.17) is 4.42 Å². The van der Waals surface area contributed by atoms with Crippen LogP contribution in [-0.4, -0.2) is 10.2 Å². The first-order chi connectivity index (χ1) is 10.1. The lowest BCUT2D eigenvalue weighted by Gasteiger charge is -2.08. The molecule has 0 spiro atoms. The summed E-state index contributed by atoms with van der Waals surface area (Å²) in [7, 11) is 0. The molecule has 5 heteroatoms. The zero-order valence-corrected chi connectivity index (χ0v) is 13.3. The summed E-state index contributed by atoms with van der Waals surface area (Å²) in [6, 6.07) is 10.2. The third kappa shape index (κ3) is 3.24.